The molecule has 0 bridgehead atoms. The van der Waals surface area contributed by atoms with E-state index in [-0.39, 0.29) is 18.1 Å². The number of Topliss-reactive ketones (excluding diaryl/α,β-unsaturated/α-hetero) is 1. The first-order valence-corrected chi connectivity index (χ1v) is 10.8. The summed E-state index contributed by atoms with van der Waals surface area (Å²) >= 11 is 0. The average molecular weight is 431 g/mol. The van der Waals surface area contributed by atoms with Crippen LogP contribution in [0.1, 0.15) is 48.1 Å². The van der Waals surface area contributed by atoms with Gasteiger partial charge in [-0.15, -0.1) is 0 Å². The Labute approximate surface area is 187 Å². The number of nitrogens with one attached hydrogen (secondary N) is 1. The van der Waals surface area contributed by atoms with E-state index in [4.69, 9.17) is 10.00 Å². The Balaban J connectivity index is 1.49. The van der Waals surface area contributed by atoms with Crippen LogP contribution in [-0.4, -0.2) is 38.7 Å². The van der Waals surface area contributed by atoms with Crippen LogP contribution < -0.4 is 5.32 Å². The molecule has 1 aliphatic heterocycles. The smallest absolute Gasteiger partial charge is 0.227 e. The minimum Gasteiger partial charge on any atom is -0.381 e. The van der Waals surface area contributed by atoms with Gasteiger partial charge < -0.3 is 10.1 Å². The van der Waals surface area contributed by atoms with Gasteiger partial charge in [0.15, 0.2) is 5.78 Å². The number of anilines is 2. The second-order valence-corrected chi connectivity index (χ2v) is 8.14. The summed E-state index contributed by atoms with van der Waals surface area (Å²) in [6, 6.07) is 9.79. The molecule has 0 radical (unpaired) electrons. The molecule has 32 heavy (non-hydrogen) atoms. The van der Waals surface area contributed by atoms with Crippen LogP contribution in [0.15, 0.2) is 42.9 Å². The normalized spacial score (nSPS) is 15.2. The Morgan fingerprint density at radius 2 is 2.03 bits per heavy atom. The summed E-state index contributed by atoms with van der Waals surface area (Å²) in [4.78, 5) is 21.4. The van der Waals surface area contributed by atoms with Crippen LogP contribution in [0.2, 0.25) is 0 Å². The molecule has 2 aromatic heterocycles. The van der Waals surface area contributed by atoms with Crippen molar-refractivity contribution in [2.45, 2.75) is 39.2 Å². The van der Waals surface area contributed by atoms with Crippen LogP contribution in [0.4, 0.5) is 11.6 Å². The maximum atomic E-state index is 12.3. The van der Waals surface area contributed by atoms with E-state index in [0.717, 1.165) is 48.6 Å². The van der Waals surface area contributed by atoms with Crippen molar-refractivity contribution in [1.82, 2.24) is 19.7 Å². The summed E-state index contributed by atoms with van der Waals surface area (Å²) in [5.74, 6) is 0.157. The highest BCUT2D eigenvalue weighted by atomic mass is 16.5. The molecule has 0 spiro atoms. The van der Waals surface area contributed by atoms with Gasteiger partial charge in [0.25, 0.3) is 0 Å². The highest BCUT2D eigenvalue weighted by molar-refractivity contribution is 5.96. The molecule has 1 aromatic carbocycles. The lowest BCUT2D eigenvalue weighted by Gasteiger charge is -2.22. The van der Waals surface area contributed by atoms with Crippen molar-refractivity contribution in [2.24, 2.45) is 5.92 Å². The van der Waals surface area contributed by atoms with Gasteiger partial charge in [0.05, 0.1) is 35.6 Å². The van der Waals surface area contributed by atoms with Crippen molar-refractivity contribution in [3.8, 4) is 17.3 Å². The van der Waals surface area contributed by atoms with E-state index >= 15 is 0 Å². The molecule has 0 aliphatic carbocycles. The predicted octanol–water partition coefficient (Wildman–Crippen LogP) is 4.48. The van der Waals surface area contributed by atoms with E-state index in [9.17, 15) is 4.79 Å². The van der Waals surface area contributed by atoms with Crippen molar-refractivity contribution in [3.63, 3.8) is 0 Å². The van der Waals surface area contributed by atoms with Gasteiger partial charge in [-0.3, -0.25) is 9.48 Å². The summed E-state index contributed by atoms with van der Waals surface area (Å²) < 4.78 is 7.40. The SMILES string of the molecule is Cc1cnc(Nc2cnn(C3CCOCC3)c2)nc1-c1ccc(C(=O)C[C@@H](C)C#N)cc1. The minimum atomic E-state index is -0.296. The van der Waals surface area contributed by atoms with E-state index in [0.29, 0.717) is 17.6 Å². The van der Waals surface area contributed by atoms with Crippen molar-refractivity contribution >= 4 is 17.4 Å². The predicted molar refractivity (Wildman–Crippen MR) is 121 cm³/mol. The number of hydrogen-bond donors (Lipinski definition) is 1. The number of nitrogens with zero attached hydrogens (tertiary/aromatic N) is 5. The molecule has 0 unspecified atom stereocenters. The molecule has 8 nitrogen and oxygen atoms in total. The Bertz CT molecular complexity index is 1130. The molecule has 3 heterocycles. The first-order chi connectivity index (χ1) is 15.5. The van der Waals surface area contributed by atoms with Gasteiger partial charge in [-0.2, -0.15) is 10.4 Å². The van der Waals surface area contributed by atoms with Crippen molar-refractivity contribution < 1.29 is 9.53 Å². The van der Waals surface area contributed by atoms with Crippen LogP contribution in [-0.2, 0) is 4.74 Å². The summed E-state index contributed by atoms with van der Waals surface area (Å²) in [5.41, 5.74) is 4.06. The van der Waals surface area contributed by atoms with Crippen LogP contribution in [0.5, 0.6) is 0 Å². The molecule has 1 saturated heterocycles. The number of ketones is 1. The standard InChI is InChI=1S/C24H26N6O2/c1-16(12-25)11-22(31)18-3-5-19(6-4-18)23-17(2)13-26-24(29-23)28-20-14-27-30(15-20)21-7-9-32-10-8-21/h3-6,13-16,21H,7-11H2,1-2H3,(H,26,28,29)/t16-/m1/s1. The lowest BCUT2D eigenvalue weighted by atomic mass is 9.99. The average Bonchev–Trinajstić information content (AvgIpc) is 3.29. The lowest BCUT2D eigenvalue weighted by molar-refractivity contribution is 0.0662. The third-order valence-electron chi connectivity index (χ3n) is 5.59. The number of nitriles is 1. The van der Waals surface area contributed by atoms with E-state index in [1.54, 1.807) is 31.5 Å². The number of rotatable bonds is 7. The molecule has 0 amide bonds. The van der Waals surface area contributed by atoms with Gasteiger partial charge in [0.1, 0.15) is 0 Å². The highest BCUT2D eigenvalue weighted by Crippen LogP contribution is 2.25. The summed E-state index contributed by atoms with van der Waals surface area (Å²) in [6.07, 6.45) is 7.67. The molecular weight excluding hydrogens is 404 g/mol. The zero-order valence-corrected chi connectivity index (χ0v) is 18.3. The van der Waals surface area contributed by atoms with Crippen LogP contribution >= 0.6 is 0 Å². The molecule has 3 aromatic rings. The topological polar surface area (TPSA) is 106 Å². The Morgan fingerprint density at radius 3 is 2.75 bits per heavy atom. The van der Waals surface area contributed by atoms with E-state index < -0.39 is 0 Å². The van der Waals surface area contributed by atoms with Crippen molar-refractivity contribution in [1.29, 1.82) is 5.26 Å². The summed E-state index contributed by atoms with van der Waals surface area (Å²) in [6.45, 7) is 5.23. The monoisotopic (exact) mass is 430 g/mol. The molecule has 164 valence electrons. The Hall–Kier alpha value is -3.57. The molecular formula is C24H26N6O2. The number of aryl methyl sites for hydroxylation is 1. The van der Waals surface area contributed by atoms with Gasteiger partial charge in [0.2, 0.25) is 5.95 Å². The molecule has 0 saturated carbocycles. The zero-order chi connectivity index (χ0) is 22.5. The number of carbonyl (C=O) groups excluding carboxylic acids is 1. The summed E-state index contributed by atoms with van der Waals surface area (Å²) in [5, 5.41) is 16.6. The van der Waals surface area contributed by atoms with Crippen molar-refractivity contribution in [3.05, 3.63) is 54.0 Å². The van der Waals surface area contributed by atoms with Crippen LogP contribution in [0.3, 0.4) is 0 Å². The fraction of sp³-hybridized carbons (Fsp3) is 0.375. The van der Waals surface area contributed by atoms with Crippen molar-refractivity contribution in [2.75, 3.05) is 18.5 Å². The number of ether oxygens (including phenoxy) is 1. The Morgan fingerprint density at radius 1 is 1.28 bits per heavy atom. The molecule has 1 aliphatic rings. The quantitative estimate of drug-likeness (QED) is 0.551. The third-order valence-corrected chi connectivity index (χ3v) is 5.59. The van der Waals surface area contributed by atoms with E-state index in [2.05, 4.69) is 26.5 Å². The number of hydrogen-bond acceptors (Lipinski definition) is 7. The van der Waals surface area contributed by atoms with E-state index in [1.165, 1.54) is 0 Å². The molecule has 4 rings (SSSR count). The van der Waals surface area contributed by atoms with Gasteiger partial charge in [-0.25, -0.2) is 9.97 Å². The fourth-order valence-electron chi connectivity index (χ4n) is 3.73. The first kappa shape index (κ1) is 21.7. The fourth-order valence-corrected chi connectivity index (χ4v) is 3.73. The molecule has 1 fully saturated rings. The maximum absolute atomic E-state index is 12.3. The first-order valence-electron chi connectivity index (χ1n) is 10.8. The molecule has 1 atom stereocenters. The van der Waals surface area contributed by atoms with Gasteiger partial charge in [-0.05, 0) is 32.3 Å². The zero-order valence-electron chi connectivity index (χ0n) is 18.3. The van der Waals surface area contributed by atoms with E-state index in [1.807, 2.05) is 29.9 Å². The largest absolute Gasteiger partial charge is 0.381 e. The van der Waals surface area contributed by atoms with Gasteiger partial charge in [0, 0.05) is 43.2 Å². The van der Waals surface area contributed by atoms with Crippen LogP contribution in [0, 0.1) is 24.2 Å². The van der Waals surface area contributed by atoms with Gasteiger partial charge in [-0.1, -0.05) is 24.3 Å². The lowest BCUT2D eigenvalue weighted by Crippen LogP contribution is -2.19. The second kappa shape index (κ2) is 9.71. The third kappa shape index (κ3) is 5.01. The Kier molecular flexibility index (Phi) is 6.57. The molecule has 1 N–H and O–H groups in total. The number of aromatic nitrogens is 4. The number of benzene rings is 1. The summed E-state index contributed by atoms with van der Waals surface area (Å²) in [7, 11) is 0. The minimum absolute atomic E-state index is 0.0334. The molecule has 8 heteroatoms. The number of carbonyl (C=O) groups is 1. The highest BCUT2D eigenvalue weighted by Gasteiger charge is 2.17. The van der Waals surface area contributed by atoms with Crippen LogP contribution in [0.25, 0.3) is 11.3 Å². The second-order valence-electron chi connectivity index (χ2n) is 8.14. The van der Waals surface area contributed by atoms with Gasteiger partial charge >= 0.3 is 0 Å². The maximum Gasteiger partial charge on any atom is 0.227 e.